The average molecular weight is 428 g/mol. The Labute approximate surface area is 169 Å². The minimum atomic E-state index is -1.79. The molecule has 0 aromatic carbocycles. The van der Waals surface area contributed by atoms with Crippen molar-refractivity contribution in [1.29, 1.82) is 0 Å². The molecule has 1 aliphatic rings. The molecule has 8 atom stereocenters. The Morgan fingerprint density at radius 2 is 0.966 bits per heavy atom. The highest BCUT2D eigenvalue weighted by Gasteiger charge is 2.36. The molecule has 11 N–H and O–H groups in total. The van der Waals surface area contributed by atoms with E-state index in [2.05, 4.69) is 5.32 Å². The summed E-state index contributed by atoms with van der Waals surface area (Å²) in [6.45, 7) is -0.753. The number of aliphatic hydroxyl groups excluding tert-OH is 10. The van der Waals surface area contributed by atoms with E-state index in [4.69, 9.17) is 10.2 Å². The lowest BCUT2D eigenvalue weighted by molar-refractivity contribution is -0.134. The van der Waals surface area contributed by atoms with Gasteiger partial charge in [-0.05, 0) is 25.9 Å². The van der Waals surface area contributed by atoms with Crippen molar-refractivity contribution in [3.8, 4) is 0 Å². The van der Waals surface area contributed by atoms with E-state index in [9.17, 15) is 40.9 Å². The van der Waals surface area contributed by atoms with Crippen molar-refractivity contribution in [1.82, 2.24) is 10.2 Å². The molecule has 0 saturated carbocycles. The Kier molecular flexibility index (Phi) is 11.9. The Morgan fingerprint density at radius 1 is 0.621 bits per heavy atom. The van der Waals surface area contributed by atoms with Crippen molar-refractivity contribution in [2.45, 2.75) is 67.7 Å². The lowest BCUT2D eigenvalue weighted by atomic mass is 9.98. The molecule has 29 heavy (non-hydrogen) atoms. The number of piperidine rings is 1. The maximum atomic E-state index is 10.3. The minimum Gasteiger partial charge on any atom is -0.394 e. The topological polar surface area (TPSA) is 218 Å². The highest BCUT2D eigenvalue weighted by Crippen LogP contribution is 2.17. The molecule has 0 aromatic rings. The van der Waals surface area contributed by atoms with Crippen molar-refractivity contribution >= 4 is 0 Å². The van der Waals surface area contributed by atoms with Gasteiger partial charge in [-0.2, -0.15) is 0 Å². The molecule has 1 aliphatic heterocycles. The number of rotatable bonds is 13. The van der Waals surface area contributed by atoms with Gasteiger partial charge in [0.15, 0.2) is 0 Å². The van der Waals surface area contributed by atoms with E-state index in [1.54, 1.807) is 4.90 Å². The molecule has 0 aliphatic carbocycles. The van der Waals surface area contributed by atoms with Gasteiger partial charge < -0.3 is 56.4 Å². The van der Waals surface area contributed by atoms with E-state index >= 15 is 0 Å². The molecule has 0 aromatic heterocycles. The van der Waals surface area contributed by atoms with E-state index in [1.807, 2.05) is 0 Å². The van der Waals surface area contributed by atoms with Gasteiger partial charge in [0.05, 0.1) is 25.4 Å². The van der Waals surface area contributed by atoms with Crippen LogP contribution in [-0.2, 0) is 0 Å². The van der Waals surface area contributed by atoms with Crippen molar-refractivity contribution in [3.05, 3.63) is 0 Å². The zero-order chi connectivity index (χ0) is 22.1. The highest BCUT2D eigenvalue weighted by molar-refractivity contribution is 4.89. The Morgan fingerprint density at radius 3 is 1.31 bits per heavy atom. The molecule has 0 spiro atoms. The molecular weight excluding hydrogens is 392 g/mol. The first-order chi connectivity index (χ1) is 13.6. The monoisotopic (exact) mass is 428 g/mol. The van der Waals surface area contributed by atoms with Crippen molar-refractivity contribution < 1.29 is 51.1 Å². The van der Waals surface area contributed by atoms with Crippen LogP contribution in [0.1, 0.15) is 12.8 Å². The van der Waals surface area contributed by atoms with Crippen molar-refractivity contribution in [2.24, 2.45) is 0 Å². The molecule has 1 rings (SSSR count). The Hall–Kier alpha value is -0.480. The highest BCUT2D eigenvalue weighted by atomic mass is 16.4. The second-order valence-corrected chi connectivity index (χ2v) is 7.53. The fourth-order valence-electron chi connectivity index (χ4n) is 3.37. The molecule has 12 heteroatoms. The van der Waals surface area contributed by atoms with Gasteiger partial charge in [-0.3, -0.25) is 4.90 Å². The first kappa shape index (κ1) is 26.6. The molecular formula is C17H36N2O10. The van der Waals surface area contributed by atoms with Crippen LogP contribution in [-0.4, -0.2) is 150 Å². The van der Waals surface area contributed by atoms with Crippen LogP contribution in [0.15, 0.2) is 0 Å². The summed E-state index contributed by atoms with van der Waals surface area (Å²) in [5.41, 5.74) is 0. The van der Waals surface area contributed by atoms with Crippen LogP contribution in [0.3, 0.4) is 0 Å². The lowest BCUT2D eigenvalue weighted by Crippen LogP contribution is -2.56. The third-order valence-electron chi connectivity index (χ3n) is 5.32. The largest absolute Gasteiger partial charge is 0.394 e. The number of aliphatic hydroxyl groups is 10. The summed E-state index contributed by atoms with van der Waals surface area (Å²) in [7, 11) is 0. The first-order valence-corrected chi connectivity index (χ1v) is 9.75. The zero-order valence-electron chi connectivity index (χ0n) is 16.3. The molecule has 1 heterocycles. The fraction of sp³-hybridized carbons (Fsp3) is 1.00. The number of nitrogens with zero attached hydrogens (tertiary/aromatic N) is 1. The van der Waals surface area contributed by atoms with E-state index < -0.39 is 62.0 Å². The van der Waals surface area contributed by atoms with Gasteiger partial charge in [0.1, 0.15) is 36.6 Å². The summed E-state index contributed by atoms with van der Waals surface area (Å²) in [5.74, 6) is 0. The summed E-state index contributed by atoms with van der Waals surface area (Å²) in [4.78, 5) is 1.58. The van der Waals surface area contributed by atoms with Crippen LogP contribution >= 0.6 is 0 Å². The third-order valence-corrected chi connectivity index (χ3v) is 5.32. The van der Waals surface area contributed by atoms with Gasteiger partial charge in [0, 0.05) is 19.1 Å². The predicted octanol–water partition coefficient (Wildman–Crippen LogP) is -6.09. The normalized spacial score (nSPS) is 24.5. The summed E-state index contributed by atoms with van der Waals surface area (Å²) in [6, 6.07) is -0.153. The fourth-order valence-corrected chi connectivity index (χ4v) is 3.37. The zero-order valence-corrected chi connectivity index (χ0v) is 16.3. The van der Waals surface area contributed by atoms with E-state index in [0.29, 0.717) is 25.9 Å². The van der Waals surface area contributed by atoms with Crippen LogP contribution in [0, 0.1) is 0 Å². The number of nitrogens with one attached hydrogen (secondary N) is 1. The van der Waals surface area contributed by atoms with Gasteiger partial charge in [0.2, 0.25) is 0 Å². The van der Waals surface area contributed by atoms with E-state index in [-0.39, 0.29) is 19.1 Å². The van der Waals surface area contributed by atoms with E-state index in [0.717, 1.165) is 0 Å². The smallest absolute Gasteiger partial charge is 0.111 e. The minimum absolute atomic E-state index is 0.153. The van der Waals surface area contributed by atoms with Gasteiger partial charge >= 0.3 is 0 Å². The van der Waals surface area contributed by atoms with Crippen molar-refractivity contribution in [3.63, 3.8) is 0 Å². The second-order valence-electron chi connectivity index (χ2n) is 7.53. The van der Waals surface area contributed by atoms with Crippen LogP contribution in [0.2, 0.25) is 0 Å². The average Bonchev–Trinajstić information content (AvgIpc) is 2.75. The lowest BCUT2D eigenvalue weighted by Gasteiger charge is -2.39. The molecule has 1 saturated heterocycles. The standard InChI is InChI=1S/C17H36N2O10/c20-7-12(24)16(28)14(26)10(22)5-19(9-1-3-18-4-2-9)6-11(23)15(27)17(29)13(25)8-21/h9-18,20-29H,1-8H2/t10-,11-,12+,13+,14+,15+,16+,17+/m0/s1. The van der Waals surface area contributed by atoms with Crippen LogP contribution in [0.5, 0.6) is 0 Å². The van der Waals surface area contributed by atoms with Gasteiger partial charge in [-0.15, -0.1) is 0 Å². The molecule has 0 amide bonds. The summed E-state index contributed by atoms with van der Waals surface area (Å²) in [6.07, 6.45) is -12.2. The molecule has 0 unspecified atom stereocenters. The number of hydrogen-bond donors (Lipinski definition) is 11. The summed E-state index contributed by atoms with van der Waals surface area (Å²) >= 11 is 0. The summed E-state index contributed by atoms with van der Waals surface area (Å²) in [5, 5.41) is 100. The van der Waals surface area contributed by atoms with E-state index in [1.165, 1.54) is 0 Å². The maximum absolute atomic E-state index is 10.3. The molecule has 12 nitrogen and oxygen atoms in total. The van der Waals surface area contributed by atoms with Crippen LogP contribution in [0.4, 0.5) is 0 Å². The summed E-state index contributed by atoms with van der Waals surface area (Å²) < 4.78 is 0. The van der Waals surface area contributed by atoms with Gasteiger partial charge in [0.25, 0.3) is 0 Å². The van der Waals surface area contributed by atoms with Crippen molar-refractivity contribution in [2.75, 3.05) is 39.4 Å². The van der Waals surface area contributed by atoms with Gasteiger partial charge in [-0.25, -0.2) is 0 Å². The Balaban J connectivity index is 2.83. The third kappa shape index (κ3) is 7.94. The first-order valence-electron chi connectivity index (χ1n) is 9.75. The molecule has 1 fully saturated rings. The molecule has 174 valence electrons. The second kappa shape index (κ2) is 13.0. The Bertz CT molecular complexity index is 412. The predicted molar refractivity (Wildman–Crippen MR) is 99.7 cm³/mol. The molecule has 0 bridgehead atoms. The molecule has 0 radical (unpaired) electrons. The SMILES string of the molecule is OC[C@@H](O)[C@@H](O)[C@H](O)[C@@H](O)CN(C[C@H](O)[C@@H](O)[C@H](O)[C@H](O)CO)C1CCNCC1. The number of hydrogen-bond acceptors (Lipinski definition) is 12. The van der Waals surface area contributed by atoms with Crippen LogP contribution in [0.25, 0.3) is 0 Å². The van der Waals surface area contributed by atoms with Crippen LogP contribution < -0.4 is 5.32 Å². The quantitative estimate of drug-likeness (QED) is 0.132. The van der Waals surface area contributed by atoms with Gasteiger partial charge in [-0.1, -0.05) is 0 Å². The maximum Gasteiger partial charge on any atom is 0.111 e.